The molecular weight excluding hydrogens is 817 g/mol. The first-order chi connectivity index (χ1) is 33.2. The fraction of sp³-hybridized carbons (Fsp3) is 0.0164. The van der Waals surface area contributed by atoms with Crippen LogP contribution in [0, 0.1) is 0 Å². The molecule has 0 unspecified atom stereocenters. The normalized spacial score (nSPS) is 12.3. The lowest BCUT2D eigenvalue weighted by molar-refractivity contribution is 0.768. The van der Waals surface area contributed by atoms with E-state index in [1.54, 1.807) is 12.7 Å². The third-order valence-electron chi connectivity index (χ3n) is 13.0. The van der Waals surface area contributed by atoms with Crippen LogP contribution in [0.4, 0.5) is 0 Å². The van der Waals surface area contributed by atoms with Gasteiger partial charge in [-0.3, -0.25) is 9.97 Å². The van der Waals surface area contributed by atoms with Crippen molar-refractivity contribution in [1.82, 2.24) is 29.9 Å². The van der Waals surface area contributed by atoms with Crippen LogP contribution < -0.4 is 0 Å². The SMILES string of the molecule is c1ccc(C2(c3ccccc3)c3ccccc3-c3c(-c4cc(-c5cccc(-c6cncc(-c7cncnc7)c6)c5)cc(-c5cccc(-c6cncc(-c7cncnc7)c6)c5)c4)cccc32)cc1. The Hall–Kier alpha value is -9.00. The first-order valence-corrected chi connectivity index (χ1v) is 22.3. The molecule has 6 heteroatoms. The van der Waals surface area contributed by atoms with Crippen molar-refractivity contribution < 1.29 is 0 Å². The molecule has 67 heavy (non-hydrogen) atoms. The van der Waals surface area contributed by atoms with Crippen LogP contribution in [0.15, 0.2) is 244 Å². The lowest BCUT2D eigenvalue weighted by Crippen LogP contribution is -2.28. The minimum absolute atomic E-state index is 0.517. The Morgan fingerprint density at radius 2 is 0.597 bits per heavy atom. The van der Waals surface area contributed by atoms with E-state index >= 15 is 0 Å². The average molecular weight is 857 g/mol. The molecular formula is C61H40N6. The van der Waals surface area contributed by atoms with Gasteiger partial charge in [0, 0.05) is 83.0 Å². The molecule has 6 nitrogen and oxygen atoms in total. The van der Waals surface area contributed by atoms with Crippen LogP contribution in [0.2, 0.25) is 0 Å². The average Bonchev–Trinajstić information content (AvgIpc) is 3.73. The molecule has 0 saturated heterocycles. The molecule has 0 amide bonds. The zero-order valence-corrected chi connectivity index (χ0v) is 36.3. The number of aromatic nitrogens is 6. The third-order valence-corrected chi connectivity index (χ3v) is 13.0. The Balaban J connectivity index is 1.06. The largest absolute Gasteiger partial charge is 0.263 e. The summed E-state index contributed by atoms with van der Waals surface area (Å²) in [4.78, 5) is 26.3. The fourth-order valence-electron chi connectivity index (χ4n) is 10.0. The van der Waals surface area contributed by atoms with Crippen molar-refractivity contribution in [3.8, 4) is 89.0 Å². The Bertz CT molecular complexity index is 3390. The van der Waals surface area contributed by atoms with Crippen molar-refractivity contribution in [2.45, 2.75) is 5.41 Å². The van der Waals surface area contributed by atoms with Crippen LogP contribution in [0.1, 0.15) is 22.3 Å². The van der Waals surface area contributed by atoms with Gasteiger partial charge in [0.25, 0.3) is 0 Å². The van der Waals surface area contributed by atoms with Crippen molar-refractivity contribution in [3.63, 3.8) is 0 Å². The van der Waals surface area contributed by atoms with Gasteiger partial charge in [0.2, 0.25) is 0 Å². The van der Waals surface area contributed by atoms with Crippen molar-refractivity contribution in [2.24, 2.45) is 0 Å². The van der Waals surface area contributed by atoms with E-state index in [-0.39, 0.29) is 0 Å². The number of fused-ring (bicyclic) bond motifs is 3. The zero-order valence-electron chi connectivity index (χ0n) is 36.3. The topological polar surface area (TPSA) is 77.3 Å². The summed E-state index contributed by atoms with van der Waals surface area (Å²) in [5.41, 5.74) is 21.7. The van der Waals surface area contributed by atoms with Crippen molar-refractivity contribution in [3.05, 3.63) is 266 Å². The summed E-state index contributed by atoms with van der Waals surface area (Å²) in [6.45, 7) is 0. The maximum atomic E-state index is 4.64. The first kappa shape index (κ1) is 39.6. The summed E-state index contributed by atoms with van der Waals surface area (Å²) >= 11 is 0. The molecule has 0 spiro atoms. The van der Waals surface area contributed by atoms with Gasteiger partial charge >= 0.3 is 0 Å². The summed E-state index contributed by atoms with van der Waals surface area (Å²) in [6.07, 6.45) is 17.9. The predicted molar refractivity (Wildman–Crippen MR) is 269 cm³/mol. The summed E-state index contributed by atoms with van der Waals surface area (Å²) in [7, 11) is 0. The van der Waals surface area contributed by atoms with Gasteiger partial charge in [-0.1, -0.05) is 140 Å². The number of hydrogen-bond donors (Lipinski definition) is 0. The molecule has 12 rings (SSSR count). The number of hydrogen-bond acceptors (Lipinski definition) is 6. The van der Waals surface area contributed by atoms with E-state index in [1.165, 1.54) is 38.9 Å². The molecule has 11 aromatic rings. The zero-order chi connectivity index (χ0) is 44.6. The second-order valence-electron chi connectivity index (χ2n) is 16.9. The molecule has 0 saturated carbocycles. The molecule has 0 atom stereocenters. The van der Waals surface area contributed by atoms with Gasteiger partial charge in [0.15, 0.2) is 0 Å². The molecule has 0 radical (unpaired) electrons. The molecule has 4 aromatic heterocycles. The highest BCUT2D eigenvalue weighted by atomic mass is 14.8. The third kappa shape index (κ3) is 7.09. The number of pyridine rings is 2. The van der Waals surface area contributed by atoms with Crippen LogP contribution in [-0.2, 0) is 5.41 Å². The first-order valence-electron chi connectivity index (χ1n) is 22.3. The highest BCUT2D eigenvalue weighted by Crippen LogP contribution is 2.58. The summed E-state index contributed by atoms with van der Waals surface area (Å²) in [5, 5.41) is 0. The number of benzene rings is 7. The summed E-state index contributed by atoms with van der Waals surface area (Å²) < 4.78 is 0. The molecule has 4 heterocycles. The maximum Gasteiger partial charge on any atom is 0.115 e. The van der Waals surface area contributed by atoms with Crippen LogP contribution in [-0.4, -0.2) is 29.9 Å². The highest BCUT2D eigenvalue weighted by molar-refractivity contribution is 5.97. The molecule has 314 valence electrons. The maximum absolute atomic E-state index is 4.64. The second-order valence-corrected chi connectivity index (χ2v) is 16.9. The van der Waals surface area contributed by atoms with Gasteiger partial charge in [-0.05, 0) is 120 Å². The number of nitrogens with zero attached hydrogens (tertiary/aromatic N) is 6. The molecule has 1 aliphatic carbocycles. The van der Waals surface area contributed by atoms with Crippen LogP contribution in [0.5, 0.6) is 0 Å². The molecule has 0 bridgehead atoms. The van der Waals surface area contributed by atoms with Gasteiger partial charge in [-0.2, -0.15) is 0 Å². The van der Waals surface area contributed by atoms with Gasteiger partial charge in [-0.25, -0.2) is 19.9 Å². The Kier molecular flexibility index (Phi) is 9.95. The van der Waals surface area contributed by atoms with E-state index in [0.29, 0.717) is 0 Å². The smallest absolute Gasteiger partial charge is 0.115 e. The van der Waals surface area contributed by atoms with Gasteiger partial charge in [0.05, 0.1) is 5.41 Å². The predicted octanol–water partition coefficient (Wildman–Crippen LogP) is 14.1. The molecule has 0 fully saturated rings. The molecule has 0 aliphatic heterocycles. The molecule has 1 aliphatic rings. The lowest BCUT2D eigenvalue weighted by Gasteiger charge is -2.34. The van der Waals surface area contributed by atoms with Crippen LogP contribution >= 0.6 is 0 Å². The number of rotatable bonds is 9. The van der Waals surface area contributed by atoms with Crippen LogP contribution in [0.25, 0.3) is 89.0 Å². The highest BCUT2D eigenvalue weighted by Gasteiger charge is 2.46. The van der Waals surface area contributed by atoms with Crippen LogP contribution in [0.3, 0.4) is 0 Å². The monoisotopic (exact) mass is 856 g/mol. The minimum atomic E-state index is -0.517. The second kappa shape index (κ2) is 16.8. The van der Waals surface area contributed by atoms with Crippen molar-refractivity contribution in [1.29, 1.82) is 0 Å². The molecule has 7 aromatic carbocycles. The Labute approximate surface area is 389 Å². The lowest BCUT2D eigenvalue weighted by atomic mass is 9.67. The Morgan fingerprint density at radius 3 is 1.12 bits per heavy atom. The van der Waals surface area contributed by atoms with Crippen molar-refractivity contribution in [2.75, 3.05) is 0 Å². The molecule has 0 N–H and O–H groups in total. The van der Waals surface area contributed by atoms with E-state index in [1.807, 2.05) is 49.6 Å². The van der Waals surface area contributed by atoms with E-state index in [9.17, 15) is 0 Å². The van der Waals surface area contributed by atoms with E-state index in [2.05, 4.69) is 212 Å². The summed E-state index contributed by atoms with van der Waals surface area (Å²) in [5.74, 6) is 0. The summed E-state index contributed by atoms with van der Waals surface area (Å²) in [6, 6.07) is 66.7. The van der Waals surface area contributed by atoms with E-state index < -0.39 is 5.41 Å². The standard InChI is InChI=1S/C61H40N6/c1-3-16-54(17-4-1)61(55-18-5-2-6-19-55)58-22-8-7-20-57(58)60-56(21-11-23-59(60)61)47-27-45(41-12-9-14-43(24-41)48-29-50(33-62-31-48)52-35-64-39-65-36-52)26-46(28-47)42-13-10-15-44(25-42)49-30-51(34-63-32-49)53-37-66-40-67-38-53/h1-40H. The van der Waals surface area contributed by atoms with E-state index in [0.717, 1.165) is 72.3 Å². The fourth-order valence-corrected chi connectivity index (χ4v) is 10.0. The van der Waals surface area contributed by atoms with E-state index in [4.69, 9.17) is 0 Å². The van der Waals surface area contributed by atoms with Gasteiger partial charge in [0.1, 0.15) is 12.7 Å². The van der Waals surface area contributed by atoms with Gasteiger partial charge < -0.3 is 0 Å². The van der Waals surface area contributed by atoms with Gasteiger partial charge in [-0.15, -0.1) is 0 Å². The van der Waals surface area contributed by atoms with Crippen molar-refractivity contribution >= 4 is 0 Å². The Morgan fingerprint density at radius 1 is 0.239 bits per heavy atom. The minimum Gasteiger partial charge on any atom is -0.263 e. The quantitative estimate of drug-likeness (QED) is 0.144.